The summed E-state index contributed by atoms with van der Waals surface area (Å²) in [4.78, 5) is 4.08. The molecule has 2 rings (SSSR count). The third-order valence-corrected chi connectivity index (χ3v) is 1.68. The van der Waals surface area contributed by atoms with Crippen molar-refractivity contribution in [1.82, 2.24) is 14.6 Å². The molecule has 0 saturated heterocycles. The van der Waals surface area contributed by atoms with Gasteiger partial charge < -0.3 is 4.74 Å². The van der Waals surface area contributed by atoms with E-state index in [0.29, 0.717) is 0 Å². The molecule has 0 aliphatic rings. The zero-order valence-electron chi connectivity index (χ0n) is 8.56. The van der Waals surface area contributed by atoms with Crippen molar-refractivity contribution in [1.29, 1.82) is 0 Å². The number of pyridine rings is 1. The van der Waals surface area contributed by atoms with Crippen LogP contribution in [0.3, 0.4) is 0 Å². The molecule has 4 heteroatoms. The lowest BCUT2D eigenvalue weighted by Gasteiger charge is -2.20. The van der Waals surface area contributed by atoms with Crippen LogP contribution in [0.5, 0.6) is 5.75 Å². The van der Waals surface area contributed by atoms with Crippen molar-refractivity contribution in [3.05, 3.63) is 24.7 Å². The van der Waals surface area contributed by atoms with Gasteiger partial charge in [-0.15, -0.1) is 0 Å². The fourth-order valence-corrected chi connectivity index (χ4v) is 1.21. The van der Waals surface area contributed by atoms with Crippen LogP contribution in [0.4, 0.5) is 0 Å². The Kier molecular flexibility index (Phi) is 1.91. The lowest BCUT2D eigenvalue weighted by molar-refractivity contribution is 0.131. The van der Waals surface area contributed by atoms with Gasteiger partial charge in [-0.2, -0.15) is 5.10 Å². The lowest BCUT2D eigenvalue weighted by Crippen LogP contribution is -2.22. The second-order valence-corrected chi connectivity index (χ2v) is 4.14. The fraction of sp³-hybridized carbons (Fsp3) is 0.400. The monoisotopic (exact) mass is 191 g/mol. The Hall–Kier alpha value is -1.58. The molecule has 0 fully saturated rings. The molecule has 0 radical (unpaired) electrons. The molecule has 2 heterocycles. The van der Waals surface area contributed by atoms with Crippen molar-refractivity contribution in [2.45, 2.75) is 26.4 Å². The molecule has 0 unspecified atom stereocenters. The van der Waals surface area contributed by atoms with Crippen molar-refractivity contribution < 1.29 is 4.74 Å². The largest absolute Gasteiger partial charge is 0.488 e. The van der Waals surface area contributed by atoms with Gasteiger partial charge in [-0.25, -0.2) is 9.50 Å². The molecule has 2 aromatic heterocycles. The van der Waals surface area contributed by atoms with Crippen LogP contribution >= 0.6 is 0 Å². The van der Waals surface area contributed by atoms with E-state index >= 15 is 0 Å². The fourth-order valence-electron chi connectivity index (χ4n) is 1.21. The third-order valence-electron chi connectivity index (χ3n) is 1.68. The van der Waals surface area contributed by atoms with Crippen molar-refractivity contribution in [2.24, 2.45) is 0 Å². The summed E-state index contributed by atoms with van der Waals surface area (Å²) < 4.78 is 7.40. The van der Waals surface area contributed by atoms with Crippen LogP contribution in [-0.2, 0) is 0 Å². The highest BCUT2D eigenvalue weighted by atomic mass is 16.5. The van der Waals surface area contributed by atoms with Gasteiger partial charge in [-0.05, 0) is 26.8 Å². The second kappa shape index (κ2) is 2.97. The summed E-state index contributed by atoms with van der Waals surface area (Å²) in [6.07, 6.45) is 3.36. The molecule has 0 saturated carbocycles. The summed E-state index contributed by atoms with van der Waals surface area (Å²) in [6, 6.07) is 3.76. The Morgan fingerprint density at radius 1 is 1.36 bits per heavy atom. The van der Waals surface area contributed by atoms with E-state index in [9.17, 15) is 0 Å². The number of ether oxygens (including phenoxy) is 1. The van der Waals surface area contributed by atoms with Gasteiger partial charge in [0.2, 0.25) is 0 Å². The smallest absolute Gasteiger partial charge is 0.158 e. The standard InChI is InChI=1S/C10H13N3O/c1-10(2,3)14-8-4-5-13-9(6-8)11-7-12-13/h4-7H,1-3H3. The molecule has 74 valence electrons. The minimum absolute atomic E-state index is 0.182. The molecule has 2 aromatic rings. The maximum absolute atomic E-state index is 5.70. The lowest BCUT2D eigenvalue weighted by atomic mass is 10.2. The normalized spacial score (nSPS) is 11.9. The highest BCUT2D eigenvalue weighted by Crippen LogP contribution is 2.18. The van der Waals surface area contributed by atoms with Crippen molar-refractivity contribution in [3.8, 4) is 5.75 Å². The first-order valence-electron chi connectivity index (χ1n) is 4.53. The molecule has 0 aliphatic heterocycles. The number of rotatable bonds is 1. The summed E-state index contributed by atoms with van der Waals surface area (Å²) >= 11 is 0. The van der Waals surface area contributed by atoms with E-state index in [1.54, 1.807) is 4.52 Å². The molecule has 0 bridgehead atoms. The highest BCUT2D eigenvalue weighted by molar-refractivity contribution is 5.42. The van der Waals surface area contributed by atoms with Crippen LogP contribution in [0.15, 0.2) is 24.7 Å². The van der Waals surface area contributed by atoms with Gasteiger partial charge in [0.1, 0.15) is 17.7 Å². The zero-order valence-corrected chi connectivity index (χ0v) is 8.56. The number of hydrogen-bond donors (Lipinski definition) is 0. The predicted octanol–water partition coefficient (Wildman–Crippen LogP) is 1.91. The molecule has 4 nitrogen and oxygen atoms in total. The second-order valence-electron chi connectivity index (χ2n) is 4.14. The van der Waals surface area contributed by atoms with Crippen LogP contribution in [0, 0.1) is 0 Å². The van der Waals surface area contributed by atoms with Gasteiger partial charge in [-0.3, -0.25) is 0 Å². The molecule has 0 amide bonds. The van der Waals surface area contributed by atoms with Crippen molar-refractivity contribution in [3.63, 3.8) is 0 Å². The average molecular weight is 191 g/mol. The zero-order chi connectivity index (χ0) is 10.2. The molecule has 0 atom stereocenters. The molecular weight excluding hydrogens is 178 g/mol. The first-order chi connectivity index (χ1) is 6.54. The van der Waals surface area contributed by atoms with E-state index in [4.69, 9.17) is 4.74 Å². The number of nitrogens with zero attached hydrogens (tertiary/aromatic N) is 3. The van der Waals surface area contributed by atoms with Crippen LogP contribution in [0.25, 0.3) is 5.65 Å². The topological polar surface area (TPSA) is 39.4 Å². The van der Waals surface area contributed by atoms with E-state index in [1.807, 2.05) is 39.1 Å². The van der Waals surface area contributed by atoms with Gasteiger partial charge in [0, 0.05) is 12.3 Å². The van der Waals surface area contributed by atoms with Crippen molar-refractivity contribution in [2.75, 3.05) is 0 Å². The minimum Gasteiger partial charge on any atom is -0.488 e. The molecule has 0 aliphatic carbocycles. The van der Waals surface area contributed by atoms with Crippen LogP contribution < -0.4 is 4.74 Å². The quantitative estimate of drug-likeness (QED) is 0.691. The van der Waals surface area contributed by atoms with E-state index in [1.165, 1.54) is 6.33 Å². The summed E-state index contributed by atoms with van der Waals surface area (Å²) in [7, 11) is 0. The van der Waals surface area contributed by atoms with Gasteiger partial charge in [0.15, 0.2) is 5.65 Å². The Morgan fingerprint density at radius 2 is 2.14 bits per heavy atom. The van der Waals surface area contributed by atoms with Gasteiger partial charge >= 0.3 is 0 Å². The third kappa shape index (κ3) is 1.84. The van der Waals surface area contributed by atoms with E-state index in [0.717, 1.165) is 11.4 Å². The maximum atomic E-state index is 5.70. The van der Waals surface area contributed by atoms with Gasteiger partial charge in [-0.1, -0.05) is 0 Å². The predicted molar refractivity (Wildman–Crippen MR) is 53.4 cm³/mol. The highest BCUT2D eigenvalue weighted by Gasteiger charge is 2.11. The van der Waals surface area contributed by atoms with E-state index in [-0.39, 0.29) is 5.60 Å². The van der Waals surface area contributed by atoms with E-state index in [2.05, 4.69) is 10.1 Å². The molecule has 0 spiro atoms. The minimum atomic E-state index is -0.182. The Morgan fingerprint density at radius 3 is 2.86 bits per heavy atom. The Bertz CT molecular complexity index is 442. The Labute approximate surface area is 82.5 Å². The van der Waals surface area contributed by atoms with Gasteiger partial charge in [0.25, 0.3) is 0 Å². The number of fused-ring (bicyclic) bond motifs is 1. The van der Waals surface area contributed by atoms with Crippen LogP contribution in [0.1, 0.15) is 20.8 Å². The van der Waals surface area contributed by atoms with Crippen LogP contribution in [-0.4, -0.2) is 20.2 Å². The Balaban J connectivity index is 2.35. The molecule has 14 heavy (non-hydrogen) atoms. The first kappa shape index (κ1) is 8.99. The summed E-state index contributed by atoms with van der Waals surface area (Å²) in [5.41, 5.74) is 0.616. The number of aromatic nitrogens is 3. The summed E-state index contributed by atoms with van der Waals surface area (Å²) in [5, 5.41) is 4.01. The average Bonchev–Trinajstić information content (AvgIpc) is 2.47. The van der Waals surface area contributed by atoms with E-state index < -0.39 is 0 Å². The molecule has 0 aromatic carbocycles. The summed E-state index contributed by atoms with van der Waals surface area (Å²) in [6.45, 7) is 6.04. The molecule has 0 N–H and O–H groups in total. The van der Waals surface area contributed by atoms with Crippen molar-refractivity contribution >= 4 is 5.65 Å². The molecular formula is C10H13N3O. The first-order valence-corrected chi connectivity index (χ1v) is 4.53. The summed E-state index contributed by atoms with van der Waals surface area (Å²) in [5.74, 6) is 0.818. The SMILES string of the molecule is CC(C)(C)Oc1ccn2ncnc2c1. The van der Waals surface area contributed by atoms with Crippen LogP contribution in [0.2, 0.25) is 0 Å². The van der Waals surface area contributed by atoms with Gasteiger partial charge in [0.05, 0.1) is 0 Å². The number of hydrogen-bond acceptors (Lipinski definition) is 3. The maximum Gasteiger partial charge on any atom is 0.158 e.